The van der Waals surface area contributed by atoms with Gasteiger partial charge < -0.3 is 41.5 Å². The van der Waals surface area contributed by atoms with Crippen molar-refractivity contribution in [1.82, 2.24) is 0 Å². The number of amides is 2. The zero-order chi connectivity index (χ0) is 54.4. The number of alkyl halides is 3. The number of carboxylic acids is 4. The van der Waals surface area contributed by atoms with Crippen LogP contribution >= 0.6 is 0 Å². The van der Waals surface area contributed by atoms with Gasteiger partial charge in [0.25, 0.3) is 0 Å². The number of primary amides is 2. The van der Waals surface area contributed by atoms with Crippen LogP contribution in [0.2, 0.25) is 0 Å². The van der Waals surface area contributed by atoms with E-state index in [1.54, 1.807) is 24.3 Å². The zero-order valence-electron chi connectivity index (χ0n) is 40.6. The van der Waals surface area contributed by atoms with Gasteiger partial charge in [-0.15, -0.1) is 13.2 Å². The number of esters is 1. The molecule has 0 unspecified atom stereocenters. The van der Waals surface area contributed by atoms with Gasteiger partial charge in [0.2, 0.25) is 11.8 Å². The number of halogens is 3. The molecular formula is C53H60F3N4O12+. The Morgan fingerprint density at radius 3 is 1.61 bits per heavy atom. The number of hydrogen-bond acceptors (Lipinski definition) is 9. The van der Waals surface area contributed by atoms with Crippen LogP contribution in [0.3, 0.4) is 0 Å². The van der Waals surface area contributed by atoms with Gasteiger partial charge in [-0.05, 0) is 78.9 Å². The maximum Gasteiger partial charge on any atom is 0.575 e. The van der Waals surface area contributed by atoms with Gasteiger partial charge in [0.1, 0.15) is 11.4 Å². The van der Waals surface area contributed by atoms with Gasteiger partial charge in [0, 0.05) is 58.2 Å². The fourth-order valence-electron chi connectivity index (χ4n) is 6.87. The molecule has 4 aromatic rings. The summed E-state index contributed by atoms with van der Waals surface area (Å²) < 4.78 is 35.4. The highest BCUT2D eigenvalue weighted by Crippen LogP contribution is 2.51. The van der Waals surface area contributed by atoms with E-state index in [2.05, 4.69) is 135 Å². The van der Waals surface area contributed by atoms with Crippen LogP contribution in [0.4, 0.5) is 35.9 Å². The number of benzene rings is 4. The second-order valence-electron chi connectivity index (χ2n) is 17.1. The summed E-state index contributed by atoms with van der Waals surface area (Å²) in [5, 5.41) is 33.7. The highest BCUT2D eigenvalue weighted by atomic mass is 19.4. The molecule has 384 valence electrons. The largest absolute Gasteiger partial charge is 0.575 e. The molecule has 1 aliphatic heterocycles. The molecule has 0 bridgehead atoms. The molecule has 1 aliphatic rings. The minimum Gasteiger partial charge on any atom is -0.481 e. The number of allylic oxidation sites excluding steroid dienone is 8. The molecule has 0 atom stereocenters. The monoisotopic (exact) mass is 1000 g/mol. The van der Waals surface area contributed by atoms with Crippen LogP contribution in [0.15, 0.2) is 145 Å². The number of para-hydroxylation sites is 2. The summed E-state index contributed by atoms with van der Waals surface area (Å²) in [4.78, 5) is 73.5. The number of carbonyl (C=O) groups is 7. The summed E-state index contributed by atoms with van der Waals surface area (Å²) in [6.45, 7) is 11.8. The molecule has 16 nitrogen and oxygen atoms in total. The Hall–Kier alpha value is -8.32. The summed E-state index contributed by atoms with van der Waals surface area (Å²) in [5.41, 5.74) is 20.7. The van der Waals surface area contributed by atoms with Crippen molar-refractivity contribution in [2.45, 2.75) is 90.8 Å². The molecule has 0 aliphatic carbocycles. The van der Waals surface area contributed by atoms with Gasteiger partial charge in [-0.3, -0.25) is 38.9 Å². The van der Waals surface area contributed by atoms with E-state index in [0.717, 1.165) is 40.4 Å². The topological polar surface area (TPSA) is 282 Å². The second kappa shape index (κ2) is 27.8. The standard InChI is InChI=1S/C42H44N4O2.2C4H6O4.C3H3F3O2/c1-29(13-10-11-28-41(2,3)34-15-6-8-17-36(34)45-32-24-20-30(21-25-32)39(43)47)14-12-19-38-42(4,5)35-16-7-9-18-37(35)46(38)33-26-22-31(23-27-33)40(44)48;2*5-3(6)1-2-4(7)8;1-2(7)8-3(4,5)6/h6-27,45H,28H2,1-5H3,(H2,43,47)(H2,44,48);2*1-2H2,(H,5,6)(H,7,8);1H3/p+1/b11-10+,14-12+,29-13+,38-19+;;;. The van der Waals surface area contributed by atoms with Crippen LogP contribution in [0.25, 0.3) is 0 Å². The van der Waals surface area contributed by atoms with Crippen molar-refractivity contribution in [3.05, 3.63) is 167 Å². The van der Waals surface area contributed by atoms with Crippen molar-refractivity contribution >= 4 is 64.4 Å². The van der Waals surface area contributed by atoms with Crippen molar-refractivity contribution < 1.29 is 77.2 Å². The molecule has 1 heterocycles. The number of aliphatic carboxylic acids is 4. The number of fused-ring (bicyclic) bond motifs is 1. The van der Waals surface area contributed by atoms with Crippen LogP contribution < -0.4 is 21.7 Å². The van der Waals surface area contributed by atoms with E-state index in [1.807, 2.05) is 24.3 Å². The first-order chi connectivity index (χ1) is 33.5. The van der Waals surface area contributed by atoms with E-state index in [0.29, 0.717) is 18.1 Å². The summed E-state index contributed by atoms with van der Waals surface area (Å²) in [6.07, 6.45) is 7.77. The van der Waals surface area contributed by atoms with Crippen molar-refractivity contribution in [2.75, 3.05) is 4.90 Å². The average molecular weight is 1000 g/mol. The SMILES string of the molecule is CC(/C=C/C=C1/N(c2ccc(C(N)=O)cc2)c2ccccc2C1(C)C)=C\C=C\CC(C)(C)c1ccccc1[NH2+]c1ccc(C(N)=O)cc1.CC(=O)OC(F)(F)F.O=C(O)CCC(=O)O.O=C(O)CCC(=O)O. The van der Waals surface area contributed by atoms with Crippen molar-refractivity contribution in [3.63, 3.8) is 0 Å². The fraction of sp³-hybridized carbons (Fsp3) is 0.264. The Morgan fingerprint density at radius 1 is 0.681 bits per heavy atom. The van der Waals surface area contributed by atoms with Crippen LogP contribution in [-0.4, -0.2) is 68.4 Å². The number of carbonyl (C=O) groups excluding carboxylic acids is 3. The van der Waals surface area contributed by atoms with E-state index >= 15 is 0 Å². The number of ether oxygens (including phenoxy) is 1. The molecule has 0 saturated carbocycles. The Morgan fingerprint density at radius 2 is 1.15 bits per heavy atom. The smallest absolute Gasteiger partial charge is 0.481 e. The van der Waals surface area contributed by atoms with E-state index in [9.17, 15) is 46.7 Å². The molecule has 72 heavy (non-hydrogen) atoms. The quantitative estimate of drug-likeness (QED) is 0.0296. The Labute approximate surface area is 414 Å². The molecule has 0 saturated heterocycles. The van der Waals surface area contributed by atoms with E-state index in [4.69, 9.17) is 31.9 Å². The number of anilines is 2. The number of hydrogen-bond donors (Lipinski definition) is 7. The third kappa shape index (κ3) is 20.7. The van der Waals surface area contributed by atoms with Crippen molar-refractivity contribution in [1.29, 1.82) is 0 Å². The number of rotatable bonds is 17. The van der Waals surface area contributed by atoms with E-state index < -0.39 is 48.0 Å². The highest BCUT2D eigenvalue weighted by Gasteiger charge is 2.40. The summed E-state index contributed by atoms with van der Waals surface area (Å²) in [6, 6.07) is 31.7. The fourth-order valence-corrected chi connectivity index (χ4v) is 6.87. The number of nitrogens with zero attached hydrogens (tertiary/aromatic N) is 1. The Balaban J connectivity index is 0.000000607. The molecule has 0 aromatic heterocycles. The first-order valence-corrected chi connectivity index (χ1v) is 22.0. The minimum absolute atomic E-state index is 0.0963. The lowest BCUT2D eigenvalue weighted by Gasteiger charge is -2.27. The number of nitrogens with two attached hydrogens (primary N) is 3. The van der Waals surface area contributed by atoms with Crippen molar-refractivity contribution in [3.8, 4) is 0 Å². The van der Waals surface area contributed by atoms with Crippen LogP contribution in [-0.2, 0) is 39.5 Å². The molecule has 0 fully saturated rings. The molecular weight excluding hydrogens is 942 g/mol. The Kier molecular flexibility index (Phi) is 23.1. The van der Waals surface area contributed by atoms with Crippen LogP contribution in [0.5, 0.6) is 0 Å². The van der Waals surface area contributed by atoms with Gasteiger partial charge >= 0.3 is 36.2 Å². The summed E-state index contributed by atoms with van der Waals surface area (Å²) in [7, 11) is 0. The average Bonchev–Trinajstić information content (AvgIpc) is 3.51. The van der Waals surface area contributed by atoms with E-state index in [-0.39, 0.29) is 36.5 Å². The van der Waals surface area contributed by atoms with Gasteiger partial charge in [0.05, 0.1) is 25.7 Å². The molecule has 2 amide bonds. The molecule has 5 rings (SSSR count). The predicted molar refractivity (Wildman–Crippen MR) is 264 cm³/mol. The first-order valence-electron chi connectivity index (χ1n) is 22.0. The van der Waals surface area contributed by atoms with Crippen LogP contribution in [0, 0.1) is 0 Å². The maximum absolute atomic E-state index is 11.7. The van der Waals surface area contributed by atoms with Gasteiger partial charge in [0.15, 0.2) is 0 Å². The number of quaternary nitrogens is 1. The summed E-state index contributed by atoms with van der Waals surface area (Å²) >= 11 is 0. The normalized spacial score (nSPS) is 13.4. The third-order valence-electron chi connectivity index (χ3n) is 10.4. The molecule has 19 heteroatoms. The van der Waals surface area contributed by atoms with Gasteiger partial charge in [-0.1, -0.05) is 100 Å². The molecule has 0 spiro atoms. The lowest BCUT2D eigenvalue weighted by Crippen LogP contribution is -2.71. The predicted octanol–water partition coefficient (Wildman–Crippen LogP) is 9.09. The lowest BCUT2D eigenvalue weighted by molar-refractivity contribution is -0.479. The summed E-state index contributed by atoms with van der Waals surface area (Å²) in [5.74, 6) is -6.51. The number of carboxylic acid groups (broad SMARTS) is 4. The maximum atomic E-state index is 11.7. The minimum atomic E-state index is -4.83. The second-order valence-corrected chi connectivity index (χ2v) is 17.1. The van der Waals surface area contributed by atoms with Gasteiger partial charge in [-0.2, -0.15) is 0 Å². The highest BCUT2D eigenvalue weighted by molar-refractivity contribution is 5.94. The van der Waals surface area contributed by atoms with Crippen LogP contribution in [0.1, 0.15) is 105 Å². The molecule has 0 radical (unpaired) electrons. The zero-order valence-corrected chi connectivity index (χ0v) is 40.6. The third-order valence-corrected chi connectivity index (χ3v) is 10.4. The van der Waals surface area contributed by atoms with E-state index in [1.165, 1.54) is 11.1 Å². The van der Waals surface area contributed by atoms with Crippen molar-refractivity contribution in [2.24, 2.45) is 11.5 Å². The lowest BCUT2D eigenvalue weighted by atomic mass is 9.80. The first kappa shape index (κ1) is 59.8. The molecule has 10 N–H and O–H groups in total. The Bertz CT molecular complexity index is 2620. The van der Waals surface area contributed by atoms with Gasteiger partial charge in [-0.25, -0.2) is 0 Å². The molecule has 4 aromatic carbocycles.